The van der Waals surface area contributed by atoms with Crippen molar-refractivity contribution in [2.75, 3.05) is 32.9 Å². The fraction of sp³-hybridized carbons (Fsp3) is 1.00. The molecule has 15 heavy (non-hydrogen) atoms. The molecule has 1 atom stereocenters. The molecule has 2 aliphatic rings. The topological polar surface area (TPSA) is 58.7 Å². The second-order valence-corrected chi connectivity index (χ2v) is 4.94. The summed E-state index contributed by atoms with van der Waals surface area (Å²) in [5.74, 6) is 0. The van der Waals surface area contributed by atoms with Crippen LogP contribution >= 0.6 is 0 Å². The molecule has 4 heteroatoms. The molecule has 0 saturated carbocycles. The first-order valence-corrected chi connectivity index (χ1v) is 5.95. The molecule has 4 nitrogen and oxygen atoms in total. The third kappa shape index (κ3) is 2.69. The van der Waals surface area contributed by atoms with Crippen LogP contribution in [0.25, 0.3) is 0 Å². The Balaban J connectivity index is 1.91. The molecule has 2 rings (SSSR count). The van der Waals surface area contributed by atoms with E-state index >= 15 is 0 Å². The van der Waals surface area contributed by atoms with E-state index in [0.29, 0.717) is 6.04 Å². The van der Waals surface area contributed by atoms with Gasteiger partial charge in [0.2, 0.25) is 0 Å². The average molecular weight is 214 g/mol. The summed E-state index contributed by atoms with van der Waals surface area (Å²) in [6.07, 6.45) is 4.28. The first kappa shape index (κ1) is 11.3. The Hall–Kier alpha value is -0.160. The maximum Gasteiger partial charge on any atom is 0.0623 e. The lowest BCUT2D eigenvalue weighted by molar-refractivity contribution is 0.00410. The van der Waals surface area contributed by atoms with Crippen molar-refractivity contribution >= 4 is 0 Å². The minimum absolute atomic E-state index is 0.104. The Kier molecular flexibility index (Phi) is 3.61. The zero-order chi connectivity index (χ0) is 10.7. The Morgan fingerprint density at radius 1 is 1.40 bits per heavy atom. The van der Waals surface area contributed by atoms with Crippen molar-refractivity contribution in [2.45, 2.75) is 37.3 Å². The summed E-state index contributed by atoms with van der Waals surface area (Å²) < 4.78 is 5.36. The summed E-state index contributed by atoms with van der Waals surface area (Å²) in [6, 6.07) is 0.619. The predicted octanol–water partition coefficient (Wildman–Crippen LogP) is -0.0490. The van der Waals surface area contributed by atoms with Gasteiger partial charge in [-0.05, 0) is 32.2 Å². The van der Waals surface area contributed by atoms with Crippen molar-refractivity contribution in [2.24, 2.45) is 5.73 Å². The minimum Gasteiger partial charge on any atom is -0.394 e. The molecule has 0 aromatic carbocycles. The molecule has 0 radical (unpaired) electrons. The number of hydrogen-bond donors (Lipinski definition) is 2. The van der Waals surface area contributed by atoms with Gasteiger partial charge in [0.15, 0.2) is 0 Å². The fourth-order valence-electron chi connectivity index (χ4n) is 2.69. The quantitative estimate of drug-likeness (QED) is 0.677. The molecule has 0 aromatic rings. The van der Waals surface area contributed by atoms with Gasteiger partial charge in [-0.1, -0.05) is 0 Å². The summed E-state index contributed by atoms with van der Waals surface area (Å²) >= 11 is 0. The molecule has 2 aliphatic heterocycles. The van der Waals surface area contributed by atoms with Crippen LogP contribution < -0.4 is 5.73 Å². The number of nitrogens with zero attached hydrogens (tertiary/aromatic N) is 1. The molecule has 0 aliphatic carbocycles. The number of likely N-dealkylation sites (tertiary alicyclic amines) is 1. The zero-order valence-corrected chi connectivity index (χ0v) is 9.32. The fourth-order valence-corrected chi connectivity index (χ4v) is 2.69. The van der Waals surface area contributed by atoms with Crippen LogP contribution in [0.3, 0.4) is 0 Å². The number of ether oxygens (including phenoxy) is 1. The molecule has 2 saturated heterocycles. The van der Waals surface area contributed by atoms with Gasteiger partial charge < -0.3 is 15.6 Å². The van der Waals surface area contributed by atoms with Crippen molar-refractivity contribution in [3.05, 3.63) is 0 Å². The smallest absolute Gasteiger partial charge is 0.0623 e. The van der Waals surface area contributed by atoms with E-state index < -0.39 is 0 Å². The van der Waals surface area contributed by atoms with E-state index in [1.165, 1.54) is 0 Å². The van der Waals surface area contributed by atoms with Crippen LogP contribution in [0.1, 0.15) is 25.7 Å². The summed E-state index contributed by atoms with van der Waals surface area (Å²) in [4.78, 5) is 2.45. The van der Waals surface area contributed by atoms with E-state index in [1.807, 2.05) is 0 Å². The van der Waals surface area contributed by atoms with Crippen LogP contribution in [-0.2, 0) is 4.74 Å². The zero-order valence-electron chi connectivity index (χ0n) is 9.32. The summed E-state index contributed by atoms with van der Waals surface area (Å²) in [5.41, 5.74) is 5.77. The van der Waals surface area contributed by atoms with Gasteiger partial charge >= 0.3 is 0 Å². The second kappa shape index (κ2) is 4.78. The number of aliphatic hydroxyl groups is 1. The van der Waals surface area contributed by atoms with Gasteiger partial charge in [-0.15, -0.1) is 0 Å². The van der Waals surface area contributed by atoms with Gasteiger partial charge in [0.05, 0.1) is 12.1 Å². The molecule has 1 unspecified atom stereocenters. The highest BCUT2D eigenvalue weighted by Gasteiger charge is 2.34. The Morgan fingerprint density at radius 2 is 2.13 bits per heavy atom. The average Bonchev–Trinajstić information content (AvgIpc) is 2.30. The largest absolute Gasteiger partial charge is 0.394 e. The van der Waals surface area contributed by atoms with Gasteiger partial charge in [-0.25, -0.2) is 0 Å². The number of nitrogens with two attached hydrogens (primary N) is 1. The number of aliphatic hydroxyl groups excluding tert-OH is 1. The van der Waals surface area contributed by atoms with E-state index in [4.69, 9.17) is 10.5 Å². The SMILES string of the molecule is NC1(CO)CCCN(C2CCOCC2)C1. The molecule has 0 amide bonds. The van der Waals surface area contributed by atoms with E-state index in [9.17, 15) is 5.11 Å². The first-order valence-electron chi connectivity index (χ1n) is 5.95. The summed E-state index contributed by atoms with van der Waals surface area (Å²) in [5, 5.41) is 9.29. The lowest BCUT2D eigenvalue weighted by Crippen LogP contribution is -2.59. The van der Waals surface area contributed by atoms with Gasteiger partial charge in [0, 0.05) is 25.8 Å². The van der Waals surface area contributed by atoms with Crippen LogP contribution in [0.15, 0.2) is 0 Å². The predicted molar refractivity (Wildman–Crippen MR) is 58.7 cm³/mol. The van der Waals surface area contributed by atoms with Crippen molar-refractivity contribution in [3.8, 4) is 0 Å². The van der Waals surface area contributed by atoms with Crippen molar-refractivity contribution < 1.29 is 9.84 Å². The van der Waals surface area contributed by atoms with Crippen LogP contribution in [0.2, 0.25) is 0 Å². The third-order valence-electron chi connectivity index (χ3n) is 3.66. The Labute approximate surface area is 91.4 Å². The molecule has 3 N–H and O–H groups in total. The van der Waals surface area contributed by atoms with Gasteiger partial charge in [0.1, 0.15) is 0 Å². The number of rotatable bonds is 2. The monoisotopic (exact) mass is 214 g/mol. The molecular formula is C11H22N2O2. The summed E-state index contributed by atoms with van der Waals surface area (Å²) in [7, 11) is 0. The van der Waals surface area contributed by atoms with Crippen LogP contribution in [0.4, 0.5) is 0 Å². The third-order valence-corrected chi connectivity index (χ3v) is 3.66. The maximum absolute atomic E-state index is 9.29. The van der Waals surface area contributed by atoms with E-state index in [1.54, 1.807) is 0 Å². The van der Waals surface area contributed by atoms with Crippen molar-refractivity contribution in [1.29, 1.82) is 0 Å². The summed E-state index contributed by atoms with van der Waals surface area (Å²) in [6.45, 7) is 3.82. The molecular weight excluding hydrogens is 192 g/mol. The second-order valence-electron chi connectivity index (χ2n) is 4.94. The highest BCUT2D eigenvalue weighted by molar-refractivity contribution is 4.93. The van der Waals surface area contributed by atoms with Crippen molar-refractivity contribution in [3.63, 3.8) is 0 Å². The minimum atomic E-state index is -0.365. The normalized spacial score (nSPS) is 35.6. The van der Waals surface area contributed by atoms with Gasteiger partial charge in [-0.3, -0.25) is 4.90 Å². The molecule has 0 bridgehead atoms. The first-order chi connectivity index (χ1) is 7.23. The van der Waals surface area contributed by atoms with Crippen LogP contribution in [0.5, 0.6) is 0 Å². The molecule has 0 spiro atoms. The number of hydrogen-bond acceptors (Lipinski definition) is 4. The Bertz CT molecular complexity index is 207. The molecule has 2 heterocycles. The standard InChI is InChI=1S/C11H22N2O2/c12-11(9-14)4-1-5-13(8-11)10-2-6-15-7-3-10/h10,14H,1-9,12H2. The van der Waals surface area contributed by atoms with E-state index in [0.717, 1.165) is 52.0 Å². The molecule has 0 aromatic heterocycles. The highest BCUT2D eigenvalue weighted by Crippen LogP contribution is 2.23. The highest BCUT2D eigenvalue weighted by atomic mass is 16.5. The van der Waals surface area contributed by atoms with Crippen molar-refractivity contribution in [1.82, 2.24) is 4.90 Å². The molecule has 88 valence electrons. The van der Waals surface area contributed by atoms with E-state index in [2.05, 4.69) is 4.90 Å². The molecule has 2 fully saturated rings. The van der Waals surface area contributed by atoms with Crippen LogP contribution in [0, 0.1) is 0 Å². The van der Waals surface area contributed by atoms with E-state index in [-0.39, 0.29) is 12.1 Å². The lowest BCUT2D eigenvalue weighted by atomic mass is 9.89. The van der Waals surface area contributed by atoms with Gasteiger partial charge in [0.25, 0.3) is 0 Å². The lowest BCUT2D eigenvalue weighted by Gasteiger charge is -2.44. The maximum atomic E-state index is 9.29. The Morgan fingerprint density at radius 3 is 2.80 bits per heavy atom. The van der Waals surface area contributed by atoms with Crippen LogP contribution in [-0.4, -0.2) is 54.5 Å². The van der Waals surface area contributed by atoms with Gasteiger partial charge in [-0.2, -0.15) is 0 Å². The number of piperidine rings is 1.